The Labute approximate surface area is 180 Å². The van der Waals surface area contributed by atoms with Crippen LogP contribution in [0.2, 0.25) is 0 Å². The van der Waals surface area contributed by atoms with E-state index in [2.05, 4.69) is 51.8 Å². The van der Waals surface area contributed by atoms with Crippen LogP contribution in [0.15, 0.2) is 52.9 Å². The highest BCUT2D eigenvalue weighted by Gasteiger charge is 2.18. The number of para-hydroxylation sites is 2. The number of nitrogens with zero attached hydrogens (tertiary/aromatic N) is 4. The maximum atomic E-state index is 5.86. The monoisotopic (exact) mass is 423 g/mol. The fraction of sp³-hybridized carbons (Fsp3) is 0.318. The van der Waals surface area contributed by atoms with E-state index in [-0.39, 0.29) is 5.25 Å². The molecule has 0 bridgehead atoms. The van der Waals surface area contributed by atoms with Gasteiger partial charge in [-0.05, 0) is 56.9 Å². The van der Waals surface area contributed by atoms with E-state index in [1.807, 2.05) is 48.5 Å². The molecule has 0 spiro atoms. The molecule has 2 aromatic carbocycles. The summed E-state index contributed by atoms with van der Waals surface area (Å²) in [5.74, 6) is 2.60. The summed E-state index contributed by atoms with van der Waals surface area (Å²) in [7, 11) is 4.11. The second-order valence-electron chi connectivity index (χ2n) is 7.40. The third kappa shape index (κ3) is 5.01. The van der Waals surface area contributed by atoms with Crippen LogP contribution in [0.1, 0.15) is 23.4 Å². The molecule has 7 nitrogen and oxygen atoms in total. The predicted octanol–water partition coefficient (Wildman–Crippen LogP) is 4.16. The van der Waals surface area contributed by atoms with Crippen LogP contribution in [0.4, 0.5) is 0 Å². The molecule has 1 N–H and O–H groups in total. The Bertz CT molecular complexity index is 1060. The molecule has 0 fully saturated rings. The predicted molar refractivity (Wildman–Crippen MR) is 120 cm³/mol. The number of nitrogens with one attached hydrogen (secondary N) is 1. The van der Waals surface area contributed by atoms with E-state index in [0.717, 1.165) is 41.1 Å². The molecule has 0 aliphatic heterocycles. The molecule has 0 aliphatic rings. The van der Waals surface area contributed by atoms with E-state index < -0.39 is 0 Å². The molecule has 8 heteroatoms. The van der Waals surface area contributed by atoms with Crippen LogP contribution in [0.25, 0.3) is 22.5 Å². The summed E-state index contributed by atoms with van der Waals surface area (Å²) in [6.45, 7) is 1.69. The van der Waals surface area contributed by atoms with Crippen LogP contribution in [0.5, 0.6) is 5.75 Å². The average Bonchev–Trinajstić information content (AvgIpc) is 3.38. The van der Waals surface area contributed by atoms with Crippen molar-refractivity contribution in [2.75, 3.05) is 27.2 Å². The van der Waals surface area contributed by atoms with Gasteiger partial charge in [-0.1, -0.05) is 12.1 Å². The molecular weight excluding hydrogens is 398 g/mol. The Morgan fingerprint density at radius 3 is 2.67 bits per heavy atom. The Hall–Kier alpha value is -2.84. The summed E-state index contributed by atoms with van der Waals surface area (Å²) in [5.41, 5.74) is 2.78. The number of benzene rings is 2. The number of fused-ring (bicyclic) bond motifs is 1. The van der Waals surface area contributed by atoms with Crippen LogP contribution < -0.4 is 4.74 Å². The molecule has 1 atom stereocenters. The van der Waals surface area contributed by atoms with E-state index in [4.69, 9.17) is 9.15 Å². The summed E-state index contributed by atoms with van der Waals surface area (Å²) in [6, 6.07) is 15.6. The van der Waals surface area contributed by atoms with Crippen molar-refractivity contribution in [1.29, 1.82) is 0 Å². The molecule has 0 aliphatic carbocycles. The first kappa shape index (κ1) is 20.4. The van der Waals surface area contributed by atoms with Gasteiger partial charge in [-0.15, -0.1) is 10.2 Å². The minimum absolute atomic E-state index is 0.244. The lowest BCUT2D eigenvalue weighted by Gasteiger charge is -2.10. The minimum atomic E-state index is -0.244. The number of thiol groups is 1. The van der Waals surface area contributed by atoms with Gasteiger partial charge in [-0.25, -0.2) is 4.98 Å². The summed E-state index contributed by atoms with van der Waals surface area (Å²) in [6.07, 6.45) is 1.55. The summed E-state index contributed by atoms with van der Waals surface area (Å²) in [5, 5.41) is 8.10. The Morgan fingerprint density at radius 1 is 1.10 bits per heavy atom. The second kappa shape index (κ2) is 9.32. The normalized spacial score (nSPS) is 12.5. The highest BCUT2D eigenvalue weighted by Crippen LogP contribution is 2.27. The summed E-state index contributed by atoms with van der Waals surface area (Å²) >= 11 is 4.64. The number of hydrogen-bond donors (Lipinski definition) is 2. The highest BCUT2D eigenvalue weighted by atomic mass is 32.1. The van der Waals surface area contributed by atoms with Crippen LogP contribution in [-0.2, 0) is 6.42 Å². The maximum absolute atomic E-state index is 5.86. The van der Waals surface area contributed by atoms with Gasteiger partial charge < -0.3 is 19.0 Å². The zero-order valence-corrected chi connectivity index (χ0v) is 18.0. The van der Waals surface area contributed by atoms with Crippen LogP contribution in [0.3, 0.4) is 0 Å². The van der Waals surface area contributed by atoms with Gasteiger partial charge in [0.25, 0.3) is 0 Å². The standard InChI is InChI=1S/C22H25N5O2S/c1-27(2)12-5-13-28-16-10-8-15(9-11-16)21-25-26-22(29-21)19(30)14-20-23-17-6-3-4-7-18(17)24-20/h3-4,6-11,19,30H,5,12-14H2,1-2H3,(H,23,24). The molecule has 4 rings (SSSR count). The molecule has 0 radical (unpaired) electrons. The molecule has 0 amide bonds. The van der Waals surface area contributed by atoms with E-state index in [1.54, 1.807) is 0 Å². The molecule has 1 unspecified atom stereocenters. The minimum Gasteiger partial charge on any atom is -0.494 e. The molecule has 2 heterocycles. The number of hydrogen-bond acceptors (Lipinski definition) is 7. The first-order valence-corrected chi connectivity index (χ1v) is 10.4. The lowest BCUT2D eigenvalue weighted by Crippen LogP contribution is -2.15. The molecule has 2 aromatic heterocycles. The van der Waals surface area contributed by atoms with Crippen molar-refractivity contribution in [1.82, 2.24) is 25.1 Å². The number of ether oxygens (including phenoxy) is 1. The summed E-state index contributed by atoms with van der Waals surface area (Å²) < 4.78 is 11.6. The van der Waals surface area contributed by atoms with Crippen LogP contribution >= 0.6 is 12.6 Å². The molecule has 0 saturated carbocycles. The van der Waals surface area contributed by atoms with Crippen molar-refractivity contribution >= 4 is 23.7 Å². The van der Waals surface area contributed by atoms with Crippen molar-refractivity contribution in [2.24, 2.45) is 0 Å². The van der Waals surface area contributed by atoms with Gasteiger partial charge in [0.15, 0.2) is 0 Å². The topological polar surface area (TPSA) is 80.1 Å². The molecule has 30 heavy (non-hydrogen) atoms. The lowest BCUT2D eigenvalue weighted by molar-refractivity contribution is 0.281. The molecular formula is C22H25N5O2S. The first-order chi connectivity index (χ1) is 14.6. The van der Waals surface area contributed by atoms with Crippen molar-refractivity contribution < 1.29 is 9.15 Å². The SMILES string of the molecule is CN(C)CCCOc1ccc(-c2nnc(C(S)Cc3nc4ccccc4[nH]3)o2)cc1. The fourth-order valence-electron chi connectivity index (χ4n) is 3.12. The Balaban J connectivity index is 1.37. The molecule has 4 aromatic rings. The number of imidazole rings is 1. The quantitative estimate of drug-likeness (QED) is 0.311. The zero-order valence-electron chi connectivity index (χ0n) is 17.1. The third-order valence-electron chi connectivity index (χ3n) is 4.67. The van der Waals surface area contributed by atoms with E-state index in [0.29, 0.717) is 24.8 Å². The van der Waals surface area contributed by atoms with Gasteiger partial charge in [0.05, 0.1) is 22.9 Å². The third-order valence-corrected chi connectivity index (χ3v) is 5.07. The van der Waals surface area contributed by atoms with Gasteiger partial charge >= 0.3 is 0 Å². The largest absolute Gasteiger partial charge is 0.494 e. The summed E-state index contributed by atoms with van der Waals surface area (Å²) in [4.78, 5) is 10.0. The number of aromatic amines is 1. The smallest absolute Gasteiger partial charge is 0.247 e. The highest BCUT2D eigenvalue weighted by molar-refractivity contribution is 7.80. The second-order valence-corrected chi connectivity index (χ2v) is 8.02. The van der Waals surface area contributed by atoms with Gasteiger partial charge in [-0.2, -0.15) is 12.6 Å². The number of rotatable bonds is 9. The van der Waals surface area contributed by atoms with Crippen LogP contribution in [-0.4, -0.2) is 52.3 Å². The molecule has 156 valence electrons. The first-order valence-electron chi connectivity index (χ1n) is 9.91. The van der Waals surface area contributed by atoms with E-state index in [9.17, 15) is 0 Å². The van der Waals surface area contributed by atoms with Crippen molar-refractivity contribution in [3.63, 3.8) is 0 Å². The lowest BCUT2D eigenvalue weighted by atomic mass is 10.2. The Kier molecular flexibility index (Phi) is 6.35. The molecule has 0 saturated heterocycles. The van der Waals surface area contributed by atoms with Gasteiger partial charge in [-0.3, -0.25) is 0 Å². The number of H-pyrrole nitrogens is 1. The van der Waals surface area contributed by atoms with Crippen LogP contribution in [0, 0.1) is 0 Å². The Morgan fingerprint density at radius 2 is 1.90 bits per heavy atom. The van der Waals surface area contributed by atoms with Crippen molar-refractivity contribution in [3.8, 4) is 17.2 Å². The van der Waals surface area contributed by atoms with Gasteiger partial charge in [0.1, 0.15) is 11.6 Å². The fourth-order valence-corrected chi connectivity index (χ4v) is 3.40. The average molecular weight is 424 g/mol. The van der Waals surface area contributed by atoms with Gasteiger partial charge in [0.2, 0.25) is 11.8 Å². The van der Waals surface area contributed by atoms with Crippen molar-refractivity contribution in [2.45, 2.75) is 18.1 Å². The van der Waals surface area contributed by atoms with E-state index in [1.165, 1.54) is 0 Å². The van der Waals surface area contributed by atoms with Gasteiger partial charge in [0, 0.05) is 18.5 Å². The van der Waals surface area contributed by atoms with E-state index >= 15 is 0 Å². The van der Waals surface area contributed by atoms with Crippen molar-refractivity contribution in [3.05, 3.63) is 60.2 Å². The maximum Gasteiger partial charge on any atom is 0.247 e. The zero-order chi connectivity index (χ0) is 20.9. The number of aromatic nitrogens is 4.